The molecule has 0 aliphatic carbocycles. The number of carbonyl (C=O) groups excluding carboxylic acids is 2. The maximum atomic E-state index is 12.0. The van der Waals surface area contributed by atoms with Gasteiger partial charge in [0.05, 0.1) is 26.4 Å². The number of esters is 2. The van der Waals surface area contributed by atoms with Gasteiger partial charge in [-0.05, 0) is 32.1 Å². The van der Waals surface area contributed by atoms with E-state index in [1.807, 2.05) is 6.92 Å². The van der Waals surface area contributed by atoms with Gasteiger partial charge in [-0.25, -0.2) is 4.57 Å². The molecule has 0 saturated heterocycles. The second-order valence-electron chi connectivity index (χ2n) is 8.67. The zero-order chi connectivity index (χ0) is 27.1. The van der Waals surface area contributed by atoms with E-state index in [1.54, 1.807) is 0 Å². The Kier molecular flexibility index (Phi) is 22.1. The van der Waals surface area contributed by atoms with Crippen LogP contribution in [0.4, 0.5) is 0 Å². The topological polar surface area (TPSA) is 149 Å². The van der Waals surface area contributed by atoms with E-state index in [4.69, 9.17) is 18.5 Å². The molecule has 0 aromatic rings. The number of allylic oxidation sites excluding steroid dienone is 2. The fourth-order valence-electron chi connectivity index (χ4n) is 3.07. The van der Waals surface area contributed by atoms with Crippen LogP contribution in [0, 0.1) is 0 Å². The van der Waals surface area contributed by atoms with Crippen LogP contribution >= 0.6 is 7.82 Å². The van der Waals surface area contributed by atoms with Crippen molar-refractivity contribution in [2.24, 2.45) is 0 Å². The molecule has 0 saturated carbocycles. The van der Waals surface area contributed by atoms with Crippen LogP contribution in [0.5, 0.6) is 0 Å². The molecule has 0 aliphatic rings. The van der Waals surface area contributed by atoms with Crippen LogP contribution in [0.15, 0.2) is 12.2 Å². The lowest BCUT2D eigenvalue weighted by atomic mass is 10.1. The molecule has 0 aliphatic heterocycles. The van der Waals surface area contributed by atoms with E-state index in [0.717, 1.165) is 44.9 Å². The molecule has 0 fully saturated rings. The van der Waals surface area contributed by atoms with Crippen molar-refractivity contribution in [3.8, 4) is 0 Å². The van der Waals surface area contributed by atoms with E-state index in [2.05, 4.69) is 19.1 Å². The SMILES string of the molecule is CCCC/C=C\CCCCCCCC(=O)OC(CO)COP(=O)(O)OCC(CO)OC(=O)CCCC. The number of rotatable bonds is 24. The fourth-order valence-corrected chi connectivity index (χ4v) is 3.85. The largest absolute Gasteiger partial charge is 0.472 e. The van der Waals surface area contributed by atoms with Gasteiger partial charge in [0.1, 0.15) is 12.2 Å². The number of ether oxygens (including phenoxy) is 2. The van der Waals surface area contributed by atoms with Crippen molar-refractivity contribution in [2.45, 2.75) is 110 Å². The minimum Gasteiger partial charge on any atom is -0.457 e. The summed E-state index contributed by atoms with van der Waals surface area (Å²) >= 11 is 0. The van der Waals surface area contributed by atoms with Crippen molar-refractivity contribution in [1.82, 2.24) is 0 Å². The maximum absolute atomic E-state index is 12.0. The Morgan fingerprint density at radius 1 is 0.722 bits per heavy atom. The summed E-state index contributed by atoms with van der Waals surface area (Å²) < 4.78 is 31.7. The lowest BCUT2D eigenvalue weighted by Crippen LogP contribution is -2.28. The van der Waals surface area contributed by atoms with Gasteiger partial charge in [-0.2, -0.15) is 0 Å². The number of hydrogen-bond acceptors (Lipinski definition) is 9. The molecular weight excluding hydrogens is 491 g/mol. The van der Waals surface area contributed by atoms with Crippen molar-refractivity contribution in [3.63, 3.8) is 0 Å². The van der Waals surface area contributed by atoms with E-state index >= 15 is 0 Å². The van der Waals surface area contributed by atoms with Gasteiger partial charge in [-0.3, -0.25) is 18.6 Å². The van der Waals surface area contributed by atoms with Crippen LogP contribution in [0.1, 0.15) is 97.3 Å². The van der Waals surface area contributed by atoms with Crippen molar-refractivity contribution in [1.29, 1.82) is 0 Å². The first kappa shape index (κ1) is 34.7. The molecule has 0 aromatic carbocycles. The standard InChI is InChI=1S/C25H47O10P/c1-3-5-7-8-9-10-11-12-13-14-15-17-25(29)35-23(19-27)21-33-36(30,31)32-20-22(18-26)34-24(28)16-6-4-2/h8-9,22-23,26-27H,3-7,10-21H2,1-2H3,(H,30,31)/b9-8-. The van der Waals surface area contributed by atoms with Crippen molar-refractivity contribution >= 4 is 19.8 Å². The summed E-state index contributed by atoms with van der Waals surface area (Å²) in [6, 6.07) is 0. The van der Waals surface area contributed by atoms with Gasteiger partial charge in [0.25, 0.3) is 0 Å². The molecule has 3 atom stereocenters. The highest BCUT2D eigenvalue weighted by Crippen LogP contribution is 2.43. The average molecular weight is 539 g/mol. The Bertz CT molecular complexity index is 640. The summed E-state index contributed by atoms with van der Waals surface area (Å²) in [7, 11) is -4.59. The summed E-state index contributed by atoms with van der Waals surface area (Å²) in [5, 5.41) is 18.7. The first-order valence-electron chi connectivity index (χ1n) is 13.1. The molecule has 0 heterocycles. The zero-order valence-corrected chi connectivity index (χ0v) is 22.9. The Morgan fingerprint density at radius 3 is 1.67 bits per heavy atom. The van der Waals surface area contributed by atoms with E-state index in [9.17, 15) is 29.3 Å². The van der Waals surface area contributed by atoms with Gasteiger partial charge in [0.2, 0.25) is 0 Å². The fraction of sp³-hybridized carbons (Fsp3) is 0.840. The second-order valence-corrected chi connectivity index (χ2v) is 10.1. The smallest absolute Gasteiger partial charge is 0.457 e. The molecule has 0 bridgehead atoms. The Hall–Kier alpha value is -1.29. The van der Waals surface area contributed by atoms with Crippen molar-refractivity contribution in [3.05, 3.63) is 12.2 Å². The van der Waals surface area contributed by atoms with Crippen LogP contribution in [0.25, 0.3) is 0 Å². The third kappa shape index (κ3) is 20.9. The van der Waals surface area contributed by atoms with E-state index in [0.29, 0.717) is 12.8 Å². The van der Waals surface area contributed by atoms with Gasteiger partial charge in [0, 0.05) is 12.8 Å². The quantitative estimate of drug-likeness (QED) is 0.0689. The van der Waals surface area contributed by atoms with Crippen molar-refractivity contribution < 1.29 is 47.8 Å². The van der Waals surface area contributed by atoms with Gasteiger partial charge >= 0.3 is 19.8 Å². The van der Waals surface area contributed by atoms with E-state index in [-0.39, 0.29) is 12.8 Å². The van der Waals surface area contributed by atoms with E-state index in [1.165, 1.54) is 12.8 Å². The molecule has 11 heteroatoms. The van der Waals surface area contributed by atoms with Gasteiger partial charge in [0.15, 0.2) is 0 Å². The Morgan fingerprint density at radius 2 is 1.17 bits per heavy atom. The molecule has 3 N–H and O–H groups in total. The maximum Gasteiger partial charge on any atom is 0.472 e. The van der Waals surface area contributed by atoms with Crippen LogP contribution in [-0.2, 0) is 32.7 Å². The molecule has 3 unspecified atom stereocenters. The minimum atomic E-state index is -4.59. The first-order valence-corrected chi connectivity index (χ1v) is 14.6. The summed E-state index contributed by atoms with van der Waals surface area (Å²) in [5.41, 5.74) is 0. The highest BCUT2D eigenvalue weighted by molar-refractivity contribution is 7.47. The summed E-state index contributed by atoms with van der Waals surface area (Å²) in [4.78, 5) is 33.4. The third-order valence-electron chi connectivity index (χ3n) is 5.23. The number of phosphoric ester groups is 1. The second kappa shape index (κ2) is 22.9. The predicted octanol–water partition coefficient (Wildman–Crippen LogP) is 4.60. The van der Waals surface area contributed by atoms with Crippen LogP contribution < -0.4 is 0 Å². The monoisotopic (exact) mass is 538 g/mol. The molecule has 36 heavy (non-hydrogen) atoms. The number of unbranched alkanes of at least 4 members (excludes halogenated alkanes) is 8. The first-order chi connectivity index (χ1) is 17.3. The highest BCUT2D eigenvalue weighted by Gasteiger charge is 2.27. The van der Waals surface area contributed by atoms with Gasteiger partial charge in [-0.15, -0.1) is 0 Å². The molecule has 0 spiro atoms. The van der Waals surface area contributed by atoms with Crippen molar-refractivity contribution in [2.75, 3.05) is 26.4 Å². The average Bonchev–Trinajstić information content (AvgIpc) is 2.86. The Balaban J connectivity index is 4.08. The molecule has 0 amide bonds. The zero-order valence-electron chi connectivity index (χ0n) is 22.0. The molecule has 0 aromatic heterocycles. The molecule has 212 valence electrons. The number of hydrogen-bond donors (Lipinski definition) is 3. The number of aliphatic hydroxyl groups is 2. The predicted molar refractivity (Wildman–Crippen MR) is 136 cm³/mol. The number of aliphatic hydroxyl groups excluding tert-OH is 2. The lowest BCUT2D eigenvalue weighted by molar-refractivity contribution is -0.153. The molecule has 0 rings (SSSR count). The summed E-state index contributed by atoms with van der Waals surface area (Å²) in [6.45, 7) is 1.80. The molecule has 10 nitrogen and oxygen atoms in total. The Labute approximate surface area is 216 Å². The molecular formula is C25H47O10P. The van der Waals surface area contributed by atoms with Gasteiger partial charge in [-0.1, -0.05) is 64.5 Å². The highest BCUT2D eigenvalue weighted by atomic mass is 31.2. The van der Waals surface area contributed by atoms with Crippen LogP contribution in [0.2, 0.25) is 0 Å². The third-order valence-corrected chi connectivity index (χ3v) is 6.18. The minimum absolute atomic E-state index is 0.167. The summed E-state index contributed by atoms with van der Waals surface area (Å²) in [6.07, 6.45) is 13.4. The van der Waals surface area contributed by atoms with Crippen LogP contribution in [0.3, 0.4) is 0 Å². The normalized spacial score (nSPS) is 14.9. The van der Waals surface area contributed by atoms with E-state index < -0.39 is 58.4 Å². The number of carbonyl (C=O) groups is 2. The molecule has 0 radical (unpaired) electrons. The van der Waals surface area contributed by atoms with Crippen LogP contribution in [-0.4, -0.2) is 65.7 Å². The summed E-state index contributed by atoms with van der Waals surface area (Å²) in [5.74, 6) is -1.07. The number of phosphoric acid groups is 1. The van der Waals surface area contributed by atoms with Gasteiger partial charge < -0.3 is 24.6 Å². The lowest BCUT2D eigenvalue weighted by Gasteiger charge is -2.20.